The van der Waals surface area contributed by atoms with E-state index in [1.807, 2.05) is 0 Å². The van der Waals surface area contributed by atoms with Crippen LogP contribution in [0.2, 0.25) is 0 Å². The quantitative estimate of drug-likeness (QED) is 0.834. The van der Waals surface area contributed by atoms with Gasteiger partial charge in [-0.3, -0.25) is 4.90 Å². The van der Waals surface area contributed by atoms with Gasteiger partial charge in [0.1, 0.15) is 5.76 Å². The highest BCUT2D eigenvalue weighted by molar-refractivity contribution is 5.96. The Morgan fingerprint density at radius 3 is 2.33 bits per heavy atom. The lowest BCUT2D eigenvalue weighted by molar-refractivity contribution is 0.217. The second-order valence-corrected chi connectivity index (χ2v) is 6.17. The van der Waals surface area contributed by atoms with E-state index in [4.69, 9.17) is 10.2 Å². The van der Waals surface area contributed by atoms with Crippen LogP contribution >= 0.6 is 0 Å². The number of hydrogen-bond acceptors (Lipinski definition) is 4. The minimum absolute atomic E-state index is 0.794. The van der Waals surface area contributed by atoms with E-state index in [0.717, 1.165) is 55.3 Å². The molecule has 1 saturated heterocycles. The minimum atomic E-state index is 0.794. The molecule has 3 N–H and O–H groups in total. The fraction of sp³-hybridized carbons (Fsp3) is 0.529. The van der Waals surface area contributed by atoms with Crippen LogP contribution in [0.4, 0.5) is 5.69 Å². The van der Waals surface area contributed by atoms with Crippen LogP contribution in [-0.4, -0.2) is 31.1 Å². The van der Waals surface area contributed by atoms with Crippen LogP contribution in [-0.2, 0) is 6.54 Å². The van der Waals surface area contributed by atoms with Crippen molar-refractivity contribution in [3.05, 3.63) is 28.0 Å². The maximum atomic E-state index is 6.29. The van der Waals surface area contributed by atoms with Crippen LogP contribution in [0.3, 0.4) is 0 Å². The predicted molar refractivity (Wildman–Crippen MR) is 87.7 cm³/mol. The van der Waals surface area contributed by atoms with Crippen molar-refractivity contribution in [3.8, 4) is 0 Å². The molecule has 0 unspecified atom stereocenters. The molecule has 21 heavy (non-hydrogen) atoms. The number of nitrogens with two attached hydrogens (primary N) is 1. The van der Waals surface area contributed by atoms with Gasteiger partial charge in [0.15, 0.2) is 5.58 Å². The fourth-order valence-corrected chi connectivity index (χ4v) is 3.27. The van der Waals surface area contributed by atoms with E-state index < -0.39 is 0 Å². The molecular weight excluding hydrogens is 262 g/mol. The molecule has 2 aromatic rings. The molecule has 1 fully saturated rings. The Kier molecular flexibility index (Phi) is 3.68. The largest absolute Gasteiger partial charge is 0.457 e. The summed E-state index contributed by atoms with van der Waals surface area (Å²) >= 11 is 0. The summed E-state index contributed by atoms with van der Waals surface area (Å²) in [7, 11) is 0. The Hall–Kier alpha value is -1.52. The van der Waals surface area contributed by atoms with Crippen molar-refractivity contribution in [1.29, 1.82) is 0 Å². The second kappa shape index (κ2) is 5.35. The van der Waals surface area contributed by atoms with Crippen molar-refractivity contribution in [2.45, 2.75) is 34.2 Å². The molecule has 4 heteroatoms. The van der Waals surface area contributed by atoms with E-state index >= 15 is 0 Å². The van der Waals surface area contributed by atoms with Crippen LogP contribution in [0.25, 0.3) is 11.0 Å². The van der Waals surface area contributed by atoms with Crippen LogP contribution in [0, 0.1) is 27.7 Å². The molecule has 0 saturated carbocycles. The van der Waals surface area contributed by atoms with E-state index in [9.17, 15) is 0 Å². The summed E-state index contributed by atoms with van der Waals surface area (Å²) in [6.07, 6.45) is 0. The monoisotopic (exact) mass is 287 g/mol. The van der Waals surface area contributed by atoms with Crippen molar-refractivity contribution in [3.63, 3.8) is 0 Å². The molecule has 0 spiro atoms. The van der Waals surface area contributed by atoms with Crippen molar-refractivity contribution >= 4 is 16.7 Å². The standard InChI is InChI=1S/C17H25N3O/c1-10-11(2)15-13(4)14(9-20-7-5-19-6-8-20)21-17(15)16(18)12(10)3/h19H,5-9,18H2,1-4H3. The van der Waals surface area contributed by atoms with E-state index in [-0.39, 0.29) is 0 Å². The molecule has 1 aliphatic heterocycles. The lowest BCUT2D eigenvalue weighted by Gasteiger charge is -2.26. The number of fused-ring (bicyclic) bond motifs is 1. The first-order valence-electron chi connectivity index (χ1n) is 7.71. The van der Waals surface area contributed by atoms with Gasteiger partial charge in [0, 0.05) is 37.1 Å². The van der Waals surface area contributed by atoms with Crippen molar-refractivity contribution < 1.29 is 4.42 Å². The number of aryl methyl sites for hydroxylation is 2. The zero-order valence-electron chi connectivity index (χ0n) is 13.5. The van der Waals surface area contributed by atoms with Gasteiger partial charge in [0.05, 0.1) is 12.2 Å². The SMILES string of the molecule is Cc1c(C)c(C)c2c(C)c(CN3CCNCC3)oc2c1N. The third kappa shape index (κ3) is 2.32. The van der Waals surface area contributed by atoms with Gasteiger partial charge in [0.2, 0.25) is 0 Å². The number of piperazine rings is 1. The minimum Gasteiger partial charge on any atom is -0.457 e. The first-order chi connectivity index (χ1) is 10.0. The maximum Gasteiger partial charge on any atom is 0.158 e. The van der Waals surface area contributed by atoms with Gasteiger partial charge in [-0.25, -0.2) is 0 Å². The molecule has 2 heterocycles. The summed E-state index contributed by atoms with van der Waals surface area (Å²) in [5, 5.41) is 4.59. The molecule has 0 atom stereocenters. The molecular formula is C17H25N3O. The number of anilines is 1. The number of nitrogens with one attached hydrogen (secondary N) is 1. The van der Waals surface area contributed by atoms with E-state index in [2.05, 4.69) is 37.9 Å². The topological polar surface area (TPSA) is 54.4 Å². The summed E-state index contributed by atoms with van der Waals surface area (Å²) in [4.78, 5) is 2.44. The fourth-order valence-electron chi connectivity index (χ4n) is 3.27. The Bertz CT molecular complexity index is 681. The highest BCUT2D eigenvalue weighted by Crippen LogP contribution is 2.37. The van der Waals surface area contributed by atoms with Crippen LogP contribution in [0.15, 0.2) is 4.42 Å². The van der Waals surface area contributed by atoms with Crippen LogP contribution < -0.4 is 11.1 Å². The van der Waals surface area contributed by atoms with Gasteiger partial charge in [-0.15, -0.1) is 0 Å². The van der Waals surface area contributed by atoms with Crippen LogP contribution in [0.1, 0.15) is 28.0 Å². The smallest absolute Gasteiger partial charge is 0.158 e. The third-order valence-electron chi connectivity index (χ3n) is 4.97. The Labute approximate surface area is 126 Å². The molecule has 0 amide bonds. The normalized spacial score (nSPS) is 16.8. The van der Waals surface area contributed by atoms with Gasteiger partial charge < -0.3 is 15.5 Å². The van der Waals surface area contributed by atoms with Gasteiger partial charge in [-0.05, 0) is 44.4 Å². The first kappa shape index (κ1) is 14.4. The van der Waals surface area contributed by atoms with Crippen molar-refractivity contribution in [2.75, 3.05) is 31.9 Å². The summed E-state index contributed by atoms with van der Waals surface area (Å²) in [6, 6.07) is 0. The number of nitrogens with zero attached hydrogens (tertiary/aromatic N) is 1. The average Bonchev–Trinajstić information content (AvgIpc) is 2.81. The number of benzene rings is 1. The first-order valence-corrected chi connectivity index (χ1v) is 7.71. The highest BCUT2D eigenvalue weighted by Gasteiger charge is 2.20. The molecule has 4 nitrogen and oxygen atoms in total. The summed E-state index contributed by atoms with van der Waals surface area (Å²) in [5.41, 5.74) is 12.9. The molecule has 1 aromatic heterocycles. The predicted octanol–water partition coefficient (Wildman–Crippen LogP) is 2.65. The molecule has 0 bridgehead atoms. The number of furan rings is 1. The van der Waals surface area contributed by atoms with E-state index in [1.165, 1.54) is 22.1 Å². The summed E-state index contributed by atoms with van der Waals surface area (Å²) in [5.74, 6) is 1.06. The van der Waals surface area contributed by atoms with Crippen molar-refractivity contribution in [2.24, 2.45) is 0 Å². The zero-order valence-corrected chi connectivity index (χ0v) is 13.5. The molecule has 3 rings (SSSR count). The van der Waals surface area contributed by atoms with Gasteiger partial charge in [-0.2, -0.15) is 0 Å². The lowest BCUT2D eigenvalue weighted by atomic mass is 9.96. The molecule has 0 radical (unpaired) electrons. The lowest BCUT2D eigenvalue weighted by Crippen LogP contribution is -2.42. The second-order valence-electron chi connectivity index (χ2n) is 6.17. The van der Waals surface area contributed by atoms with Gasteiger partial charge >= 0.3 is 0 Å². The number of nitrogen functional groups attached to an aromatic ring is 1. The van der Waals surface area contributed by atoms with Crippen molar-refractivity contribution in [1.82, 2.24) is 10.2 Å². The molecule has 1 aliphatic rings. The third-order valence-corrected chi connectivity index (χ3v) is 4.97. The number of hydrogen-bond donors (Lipinski definition) is 2. The van der Waals surface area contributed by atoms with Gasteiger partial charge in [-0.1, -0.05) is 0 Å². The Morgan fingerprint density at radius 2 is 1.67 bits per heavy atom. The Morgan fingerprint density at radius 1 is 1.00 bits per heavy atom. The average molecular weight is 287 g/mol. The highest BCUT2D eigenvalue weighted by atomic mass is 16.3. The van der Waals surface area contributed by atoms with E-state index in [1.54, 1.807) is 0 Å². The molecule has 114 valence electrons. The van der Waals surface area contributed by atoms with Crippen LogP contribution in [0.5, 0.6) is 0 Å². The summed E-state index contributed by atoms with van der Waals surface area (Å²) in [6.45, 7) is 13.7. The Balaban J connectivity index is 2.07. The summed E-state index contributed by atoms with van der Waals surface area (Å²) < 4.78 is 6.16. The molecule has 1 aromatic carbocycles. The zero-order chi connectivity index (χ0) is 15.1. The van der Waals surface area contributed by atoms with E-state index in [0.29, 0.717) is 0 Å². The molecule has 0 aliphatic carbocycles. The number of rotatable bonds is 2. The maximum absolute atomic E-state index is 6.29. The van der Waals surface area contributed by atoms with Gasteiger partial charge in [0.25, 0.3) is 0 Å².